The molecule has 3 unspecified atom stereocenters. The van der Waals surface area contributed by atoms with Crippen molar-refractivity contribution in [3.63, 3.8) is 0 Å². The molecule has 180 valence electrons. The average molecular weight is 512 g/mol. The zero-order chi connectivity index (χ0) is 24.7. The van der Waals surface area contributed by atoms with Crippen molar-refractivity contribution in [1.29, 1.82) is 0 Å². The second-order valence-corrected chi connectivity index (χ2v) is 10.1. The van der Waals surface area contributed by atoms with Crippen LogP contribution in [0.2, 0.25) is 0 Å². The fraction of sp³-hybridized carbons (Fsp3) is 0.292. The highest BCUT2D eigenvalue weighted by molar-refractivity contribution is 8.00. The lowest BCUT2D eigenvalue weighted by Crippen LogP contribution is -2.32. The molecular weight excluding hydrogens is 490 g/mol. The van der Waals surface area contributed by atoms with Crippen LogP contribution in [0.5, 0.6) is 5.75 Å². The number of rotatable bonds is 6. The summed E-state index contributed by atoms with van der Waals surface area (Å²) in [5.74, 6) is -1.90. The highest BCUT2D eigenvalue weighted by atomic mass is 32.2. The fourth-order valence-corrected chi connectivity index (χ4v) is 7.27. The van der Waals surface area contributed by atoms with Crippen LogP contribution in [0.15, 0.2) is 58.6 Å². The van der Waals surface area contributed by atoms with Crippen molar-refractivity contribution < 1.29 is 23.9 Å². The number of hydrogen-bond donors (Lipinski definition) is 0. The van der Waals surface area contributed by atoms with Crippen LogP contribution in [-0.4, -0.2) is 46.3 Å². The molecule has 11 heteroatoms. The monoisotopic (exact) mass is 511 g/mol. The number of carbonyl (C=O) groups excluding carboxylic acids is 3. The Morgan fingerprint density at radius 2 is 1.89 bits per heavy atom. The number of nitrogens with zero attached hydrogens (tertiary/aromatic N) is 3. The van der Waals surface area contributed by atoms with Gasteiger partial charge in [-0.3, -0.25) is 28.7 Å². The summed E-state index contributed by atoms with van der Waals surface area (Å²) in [7, 11) is 1.54. The Balaban J connectivity index is 1.61. The molecule has 0 spiro atoms. The highest BCUT2D eigenvalue weighted by Crippen LogP contribution is 2.53. The normalized spacial score (nSPS) is 21.0. The van der Waals surface area contributed by atoms with Gasteiger partial charge >= 0.3 is 10.8 Å². The van der Waals surface area contributed by atoms with E-state index in [1.54, 1.807) is 56.8 Å². The largest absolute Gasteiger partial charge is 0.497 e. The number of amides is 2. The van der Waals surface area contributed by atoms with Crippen molar-refractivity contribution in [3.8, 4) is 5.75 Å². The third-order valence-electron chi connectivity index (χ3n) is 6.02. The second-order valence-electron chi connectivity index (χ2n) is 7.97. The molecule has 0 aliphatic carbocycles. The lowest BCUT2D eigenvalue weighted by molar-refractivity contribution is -0.144. The molecule has 4 heterocycles. The van der Waals surface area contributed by atoms with Crippen LogP contribution in [-0.2, 0) is 25.7 Å². The minimum absolute atomic E-state index is 0.194. The van der Waals surface area contributed by atoms with Crippen molar-refractivity contribution in [2.75, 3.05) is 18.6 Å². The predicted octanol–water partition coefficient (Wildman–Crippen LogP) is 2.67. The first-order valence-corrected chi connectivity index (χ1v) is 12.6. The van der Waals surface area contributed by atoms with E-state index >= 15 is 0 Å². The minimum atomic E-state index is -0.759. The van der Waals surface area contributed by atoms with Gasteiger partial charge in [0.15, 0.2) is 0 Å². The van der Waals surface area contributed by atoms with Crippen LogP contribution >= 0.6 is 23.1 Å². The van der Waals surface area contributed by atoms with Gasteiger partial charge < -0.3 is 9.47 Å². The highest BCUT2D eigenvalue weighted by Gasteiger charge is 2.56. The van der Waals surface area contributed by atoms with Gasteiger partial charge in [0.25, 0.3) is 0 Å². The number of thiazole rings is 1. The number of ether oxygens (including phenoxy) is 2. The second kappa shape index (κ2) is 9.31. The third-order valence-corrected chi connectivity index (χ3v) is 8.62. The lowest BCUT2D eigenvalue weighted by atomic mass is 9.84. The molecule has 35 heavy (non-hydrogen) atoms. The Morgan fingerprint density at radius 3 is 2.54 bits per heavy atom. The van der Waals surface area contributed by atoms with Gasteiger partial charge in [0, 0.05) is 23.2 Å². The van der Waals surface area contributed by atoms with Gasteiger partial charge in [-0.25, -0.2) is 4.90 Å². The van der Waals surface area contributed by atoms with E-state index in [1.165, 1.54) is 9.47 Å². The molecule has 5 rings (SSSR count). The summed E-state index contributed by atoms with van der Waals surface area (Å²) in [5, 5.41) is -0.245. The molecule has 1 fully saturated rings. The zero-order valence-electron chi connectivity index (χ0n) is 18.9. The fourth-order valence-electron chi connectivity index (χ4n) is 4.50. The molecule has 3 aromatic rings. The van der Waals surface area contributed by atoms with Gasteiger partial charge in [0.1, 0.15) is 17.5 Å². The molecule has 0 radical (unpaired) electrons. The van der Waals surface area contributed by atoms with Crippen LogP contribution in [0, 0.1) is 5.92 Å². The number of benzene rings is 1. The number of anilines is 1. The Kier molecular flexibility index (Phi) is 6.20. The lowest BCUT2D eigenvalue weighted by Gasteiger charge is -2.30. The maximum atomic E-state index is 13.7. The third kappa shape index (κ3) is 3.94. The van der Waals surface area contributed by atoms with Gasteiger partial charge in [-0.15, -0.1) is 0 Å². The Labute approximate surface area is 208 Å². The first-order chi connectivity index (χ1) is 16.9. The molecule has 3 atom stereocenters. The van der Waals surface area contributed by atoms with E-state index in [1.807, 2.05) is 6.07 Å². The zero-order valence-corrected chi connectivity index (χ0v) is 20.5. The molecule has 2 aromatic heterocycles. The molecule has 2 aliphatic heterocycles. The van der Waals surface area contributed by atoms with Crippen molar-refractivity contribution in [2.24, 2.45) is 5.92 Å². The van der Waals surface area contributed by atoms with Crippen molar-refractivity contribution in [3.05, 3.63) is 68.9 Å². The van der Waals surface area contributed by atoms with Crippen molar-refractivity contribution in [1.82, 2.24) is 9.55 Å². The number of pyridine rings is 1. The molecule has 0 N–H and O–H groups in total. The molecule has 0 bridgehead atoms. The van der Waals surface area contributed by atoms with Crippen LogP contribution in [0.3, 0.4) is 0 Å². The van der Waals surface area contributed by atoms with Crippen LogP contribution in [0.1, 0.15) is 23.3 Å². The Bertz CT molecular complexity index is 1350. The van der Waals surface area contributed by atoms with Gasteiger partial charge in [0.2, 0.25) is 11.8 Å². The minimum Gasteiger partial charge on any atom is -0.497 e. The van der Waals surface area contributed by atoms with Crippen molar-refractivity contribution >= 4 is 46.6 Å². The number of thioether (sulfide) groups is 1. The van der Waals surface area contributed by atoms with Gasteiger partial charge in [-0.1, -0.05) is 29.2 Å². The van der Waals surface area contributed by atoms with Crippen LogP contribution in [0.25, 0.3) is 0 Å². The molecule has 2 amide bonds. The summed E-state index contributed by atoms with van der Waals surface area (Å²) >= 11 is 2.15. The summed E-state index contributed by atoms with van der Waals surface area (Å²) in [4.78, 5) is 58.2. The number of imide groups is 1. The van der Waals surface area contributed by atoms with E-state index in [4.69, 9.17) is 9.47 Å². The van der Waals surface area contributed by atoms with E-state index in [9.17, 15) is 19.2 Å². The van der Waals surface area contributed by atoms with Gasteiger partial charge in [-0.2, -0.15) is 0 Å². The number of aromatic nitrogens is 2. The quantitative estimate of drug-likeness (QED) is 0.367. The molecule has 9 nitrogen and oxygen atoms in total. The van der Waals surface area contributed by atoms with Gasteiger partial charge in [0.05, 0.1) is 30.3 Å². The number of carbonyl (C=O) groups is 3. The van der Waals surface area contributed by atoms with Crippen LogP contribution < -0.4 is 14.5 Å². The standard InChI is InChI=1S/C24H21N3O6S2/c1-3-33-16(28)12-26-23-20(35-24(26)31)17(13-5-4-10-25-11-13)18-19(34-23)22(30)27(21(18)29)14-6-8-15(32-2)9-7-14/h4-11,17-19H,3,12H2,1-2H3. The van der Waals surface area contributed by atoms with Crippen LogP contribution in [0.4, 0.5) is 5.69 Å². The maximum Gasteiger partial charge on any atom is 0.326 e. The topological polar surface area (TPSA) is 108 Å². The summed E-state index contributed by atoms with van der Waals surface area (Å²) < 4.78 is 11.6. The first kappa shape index (κ1) is 23.3. The van der Waals surface area contributed by atoms with E-state index < -0.39 is 23.1 Å². The Morgan fingerprint density at radius 1 is 1.11 bits per heavy atom. The number of fused-ring (bicyclic) bond motifs is 2. The maximum absolute atomic E-state index is 13.7. The van der Waals surface area contributed by atoms with Gasteiger partial charge in [-0.05, 0) is 42.8 Å². The first-order valence-electron chi connectivity index (χ1n) is 10.9. The number of methoxy groups -OCH3 is 1. The van der Waals surface area contributed by atoms with E-state index in [2.05, 4.69) is 4.98 Å². The summed E-state index contributed by atoms with van der Waals surface area (Å²) in [6, 6.07) is 10.3. The number of hydrogen-bond acceptors (Lipinski definition) is 9. The number of esters is 1. The summed E-state index contributed by atoms with van der Waals surface area (Å²) in [5.41, 5.74) is 1.18. The molecular formula is C24H21N3O6S2. The molecule has 1 aromatic carbocycles. The van der Waals surface area contributed by atoms with E-state index in [0.29, 0.717) is 21.3 Å². The average Bonchev–Trinajstić information content (AvgIpc) is 3.31. The molecule has 1 saturated heterocycles. The van der Waals surface area contributed by atoms with E-state index in [-0.39, 0.29) is 29.8 Å². The molecule has 0 saturated carbocycles. The predicted molar refractivity (Wildman–Crippen MR) is 130 cm³/mol. The smallest absolute Gasteiger partial charge is 0.326 e. The Hall–Kier alpha value is -3.44. The summed E-state index contributed by atoms with van der Waals surface area (Å²) in [6.45, 7) is 1.63. The van der Waals surface area contributed by atoms with Crippen molar-refractivity contribution in [2.45, 2.75) is 29.7 Å². The van der Waals surface area contributed by atoms with E-state index in [0.717, 1.165) is 28.7 Å². The summed E-state index contributed by atoms with van der Waals surface area (Å²) in [6.07, 6.45) is 3.27. The SMILES string of the molecule is CCOC(=O)Cn1c2c(sc1=O)C(c1cccnc1)C1C(=O)N(c3ccc(OC)cc3)C(=O)C1S2. The molecule has 2 aliphatic rings.